The van der Waals surface area contributed by atoms with Crippen LogP contribution < -0.4 is 4.74 Å². The first kappa shape index (κ1) is 20.2. The quantitative estimate of drug-likeness (QED) is 0.107. The van der Waals surface area contributed by atoms with Crippen molar-refractivity contribution in [3.8, 4) is 11.8 Å². The van der Waals surface area contributed by atoms with Gasteiger partial charge in [0.05, 0.1) is 16.6 Å². The zero-order valence-corrected chi connectivity index (χ0v) is 15.8. The molecule has 0 saturated heterocycles. The van der Waals surface area contributed by atoms with Crippen LogP contribution in [0.25, 0.3) is 17.7 Å². The van der Waals surface area contributed by atoms with E-state index in [-0.39, 0.29) is 5.69 Å². The maximum Gasteiger partial charge on any atom is 0.336 e. The Morgan fingerprint density at radius 3 is 2.17 bits per heavy atom. The average Bonchev–Trinajstić information content (AvgIpc) is 2.78. The van der Waals surface area contributed by atoms with Gasteiger partial charge in [0, 0.05) is 18.2 Å². The Balaban J connectivity index is 1.63. The zero-order chi connectivity index (χ0) is 21.3. The Morgan fingerprint density at radius 1 is 0.933 bits per heavy atom. The lowest BCUT2D eigenvalue weighted by Crippen LogP contribution is -2.03. The summed E-state index contributed by atoms with van der Waals surface area (Å²) in [5.41, 5.74) is 2.79. The molecule has 0 N–H and O–H groups in total. The summed E-state index contributed by atoms with van der Waals surface area (Å²) in [5.74, 6) is -0.206. The number of allylic oxidation sites excluding steroid dienone is 1. The molecule has 0 amide bonds. The van der Waals surface area contributed by atoms with Gasteiger partial charge in [-0.3, -0.25) is 10.1 Å². The number of nitrogens with zero attached hydrogens (tertiary/aromatic N) is 2. The number of nitro groups is 1. The van der Waals surface area contributed by atoms with Crippen molar-refractivity contribution in [2.45, 2.75) is 0 Å². The predicted octanol–water partition coefficient (Wildman–Crippen LogP) is 5.28. The Kier molecular flexibility index (Phi) is 6.49. The number of nitro benzene ring substituents is 1. The van der Waals surface area contributed by atoms with Crippen LogP contribution in [0.15, 0.2) is 84.9 Å². The number of esters is 1. The van der Waals surface area contributed by atoms with Crippen molar-refractivity contribution in [3.63, 3.8) is 0 Å². The summed E-state index contributed by atoms with van der Waals surface area (Å²) < 4.78 is 5.25. The molecule has 0 heterocycles. The van der Waals surface area contributed by atoms with E-state index in [2.05, 4.69) is 6.07 Å². The lowest BCUT2D eigenvalue weighted by atomic mass is 10.0. The molecular weight excluding hydrogens is 380 g/mol. The molecule has 0 fully saturated rings. The summed E-state index contributed by atoms with van der Waals surface area (Å²) in [6.07, 6.45) is 4.52. The third-order valence-electron chi connectivity index (χ3n) is 4.13. The van der Waals surface area contributed by atoms with Crippen LogP contribution in [0, 0.1) is 21.4 Å². The van der Waals surface area contributed by atoms with Crippen molar-refractivity contribution < 1.29 is 14.5 Å². The number of hydrogen-bond donors (Lipinski definition) is 0. The van der Waals surface area contributed by atoms with Crippen LogP contribution in [0.4, 0.5) is 5.69 Å². The molecule has 0 aromatic heterocycles. The smallest absolute Gasteiger partial charge is 0.336 e. The molecule has 3 aromatic carbocycles. The van der Waals surface area contributed by atoms with E-state index < -0.39 is 10.9 Å². The number of benzene rings is 3. The molecule has 0 aliphatic heterocycles. The summed E-state index contributed by atoms with van der Waals surface area (Å²) >= 11 is 0. The van der Waals surface area contributed by atoms with Gasteiger partial charge in [0.25, 0.3) is 5.69 Å². The molecule has 0 aliphatic rings. The molecular formula is C24H16N2O4. The molecule has 0 bridgehead atoms. The topological polar surface area (TPSA) is 93.2 Å². The number of nitriles is 1. The monoisotopic (exact) mass is 396 g/mol. The van der Waals surface area contributed by atoms with Gasteiger partial charge < -0.3 is 4.74 Å². The Hall–Kier alpha value is -4.50. The molecule has 3 rings (SSSR count). The normalized spacial score (nSPS) is 11.1. The van der Waals surface area contributed by atoms with Crippen LogP contribution in [0.3, 0.4) is 0 Å². The molecule has 146 valence electrons. The second kappa shape index (κ2) is 9.62. The fraction of sp³-hybridized carbons (Fsp3) is 0. The van der Waals surface area contributed by atoms with Crippen molar-refractivity contribution in [2.75, 3.05) is 0 Å². The predicted molar refractivity (Wildman–Crippen MR) is 114 cm³/mol. The minimum Gasteiger partial charge on any atom is -0.423 e. The minimum absolute atomic E-state index is 0.0179. The van der Waals surface area contributed by atoms with Gasteiger partial charge >= 0.3 is 5.97 Å². The van der Waals surface area contributed by atoms with Gasteiger partial charge in [-0.15, -0.1) is 0 Å². The Morgan fingerprint density at radius 2 is 1.57 bits per heavy atom. The molecule has 6 nitrogen and oxygen atoms in total. The van der Waals surface area contributed by atoms with E-state index in [4.69, 9.17) is 4.74 Å². The van der Waals surface area contributed by atoms with Crippen LogP contribution in [-0.4, -0.2) is 10.9 Å². The molecule has 6 heteroatoms. The lowest BCUT2D eigenvalue weighted by molar-refractivity contribution is -0.384. The number of non-ortho nitro benzene ring substituents is 1. The van der Waals surface area contributed by atoms with Gasteiger partial charge in [-0.1, -0.05) is 42.5 Å². The SMILES string of the molecule is N#C/C(=C/c1ccc(OC(=O)/C=C/c2ccc([N+](=O)[O-])cc2)cc1)c1ccccc1. The Labute approximate surface area is 173 Å². The fourth-order valence-electron chi connectivity index (χ4n) is 2.62. The van der Waals surface area contributed by atoms with E-state index >= 15 is 0 Å². The van der Waals surface area contributed by atoms with Crippen LogP contribution in [0.1, 0.15) is 16.7 Å². The molecule has 0 atom stereocenters. The summed E-state index contributed by atoms with van der Waals surface area (Å²) in [5, 5.41) is 20.0. The van der Waals surface area contributed by atoms with Crippen LogP contribution in [0.5, 0.6) is 5.75 Å². The molecule has 30 heavy (non-hydrogen) atoms. The van der Waals surface area contributed by atoms with Crippen molar-refractivity contribution in [3.05, 3.63) is 112 Å². The minimum atomic E-state index is -0.571. The number of carbonyl (C=O) groups is 1. The van der Waals surface area contributed by atoms with Gasteiger partial charge in [-0.05, 0) is 53.1 Å². The summed E-state index contributed by atoms with van der Waals surface area (Å²) in [7, 11) is 0. The highest BCUT2D eigenvalue weighted by Crippen LogP contribution is 2.20. The highest BCUT2D eigenvalue weighted by atomic mass is 16.6. The van der Waals surface area contributed by atoms with E-state index in [1.807, 2.05) is 30.3 Å². The molecule has 0 aliphatic carbocycles. The van der Waals surface area contributed by atoms with E-state index in [1.165, 1.54) is 24.3 Å². The molecule has 0 radical (unpaired) electrons. The third-order valence-corrected chi connectivity index (χ3v) is 4.13. The maximum atomic E-state index is 12.0. The highest BCUT2D eigenvalue weighted by Gasteiger charge is 2.05. The van der Waals surface area contributed by atoms with E-state index in [9.17, 15) is 20.2 Å². The van der Waals surface area contributed by atoms with Crippen molar-refractivity contribution in [1.82, 2.24) is 0 Å². The molecule has 0 unspecified atom stereocenters. The molecule has 0 saturated carbocycles. The first-order valence-electron chi connectivity index (χ1n) is 8.97. The van der Waals surface area contributed by atoms with E-state index in [1.54, 1.807) is 42.5 Å². The fourth-order valence-corrected chi connectivity index (χ4v) is 2.62. The summed E-state index contributed by atoms with van der Waals surface area (Å²) in [6.45, 7) is 0. The standard InChI is InChI=1S/C24H16N2O4/c25-17-21(20-4-2-1-3-5-20)16-19-8-13-23(14-9-19)30-24(27)15-10-18-6-11-22(12-7-18)26(28)29/h1-16H/b15-10+,21-16-. The van der Waals surface area contributed by atoms with Crippen LogP contribution >= 0.6 is 0 Å². The van der Waals surface area contributed by atoms with Crippen LogP contribution in [0.2, 0.25) is 0 Å². The van der Waals surface area contributed by atoms with Gasteiger partial charge in [-0.25, -0.2) is 4.79 Å². The van der Waals surface area contributed by atoms with Gasteiger partial charge in [0.1, 0.15) is 5.75 Å². The second-order valence-electron chi connectivity index (χ2n) is 6.21. The van der Waals surface area contributed by atoms with Crippen molar-refractivity contribution >= 4 is 29.4 Å². The van der Waals surface area contributed by atoms with Crippen molar-refractivity contribution in [2.24, 2.45) is 0 Å². The van der Waals surface area contributed by atoms with E-state index in [0.717, 1.165) is 11.1 Å². The summed E-state index contributed by atoms with van der Waals surface area (Å²) in [4.78, 5) is 22.1. The average molecular weight is 396 g/mol. The van der Waals surface area contributed by atoms with Gasteiger partial charge in [-0.2, -0.15) is 5.26 Å². The third kappa shape index (κ3) is 5.50. The van der Waals surface area contributed by atoms with Gasteiger partial charge in [0.15, 0.2) is 0 Å². The molecule has 3 aromatic rings. The lowest BCUT2D eigenvalue weighted by Gasteiger charge is -2.03. The number of ether oxygens (including phenoxy) is 1. The first-order valence-corrected chi connectivity index (χ1v) is 8.97. The second-order valence-corrected chi connectivity index (χ2v) is 6.21. The zero-order valence-electron chi connectivity index (χ0n) is 15.8. The van der Waals surface area contributed by atoms with Crippen LogP contribution in [-0.2, 0) is 4.79 Å². The maximum absolute atomic E-state index is 12.0. The molecule has 0 spiro atoms. The highest BCUT2D eigenvalue weighted by molar-refractivity contribution is 5.90. The summed E-state index contributed by atoms with van der Waals surface area (Å²) in [6, 6.07) is 24.1. The van der Waals surface area contributed by atoms with Crippen molar-refractivity contribution in [1.29, 1.82) is 5.26 Å². The van der Waals surface area contributed by atoms with E-state index in [0.29, 0.717) is 16.9 Å². The number of hydrogen-bond acceptors (Lipinski definition) is 5. The number of carbonyl (C=O) groups excluding carboxylic acids is 1. The number of rotatable bonds is 6. The largest absolute Gasteiger partial charge is 0.423 e. The Bertz CT molecular complexity index is 1140. The first-order chi connectivity index (χ1) is 14.5. The van der Waals surface area contributed by atoms with Gasteiger partial charge in [0.2, 0.25) is 0 Å².